The predicted octanol–water partition coefficient (Wildman–Crippen LogP) is 0.344. The van der Waals surface area contributed by atoms with Crippen LogP contribution in [0.25, 0.3) is 0 Å². The third-order valence-corrected chi connectivity index (χ3v) is 2.32. The molecule has 0 amide bonds. The van der Waals surface area contributed by atoms with E-state index in [2.05, 4.69) is 10.1 Å². The summed E-state index contributed by atoms with van der Waals surface area (Å²) >= 11 is 0. The standard InChI is InChI=1S/C10H13N3O3/c11-9(13-14)8-2-1-4-12-10(8)16-7-3-5-15-6-7/h1-2,4,7,14H,3,5-6H2,(H2,11,13). The molecule has 86 valence electrons. The summed E-state index contributed by atoms with van der Waals surface area (Å²) in [6, 6.07) is 3.39. The summed E-state index contributed by atoms with van der Waals surface area (Å²) in [7, 11) is 0. The van der Waals surface area contributed by atoms with Gasteiger partial charge in [-0.05, 0) is 12.1 Å². The van der Waals surface area contributed by atoms with Crippen molar-refractivity contribution in [2.75, 3.05) is 13.2 Å². The average molecular weight is 223 g/mol. The predicted molar refractivity (Wildman–Crippen MR) is 56.6 cm³/mol. The van der Waals surface area contributed by atoms with E-state index >= 15 is 0 Å². The first-order valence-corrected chi connectivity index (χ1v) is 4.98. The van der Waals surface area contributed by atoms with Gasteiger partial charge in [-0.1, -0.05) is 5.16 Å². The quantitative estimate of drug-likeness (QED) is 0.334. The lowest BCUT2D eigenvalue weighted by molar-refractivity contribution is 0.138. The molecule has 1 aliphatic heterocycles. The number of ether oxygens (including phenoxy) is 2. The Kier molecular flexibility index (Phi) is 3.21. The molecule has 1 aromatic heterocycles. The van der Waals surface area contributed by atoms with Crippen molar-refractivity contribution in [2.45, 2.75) is 12.5 Å². The van der Waals surface area contributed by atoms with Crippen LogP contribution in [0.5, 0.6) is 5.88 Å². The summed E-state index contributed by atoms with van der Waals surface area (Å²) in [6.45, 7) is 1.24. The van der Waals surface area contributed by atoms with E-state index in [0.717, 1.165) is 6.42 Å². The number of hydrogen-bond acceptors (Lipinski definition) is 5. The van der Waals surface area contributed by atoms with E-state index in [-0.39, 0.29) is 11.9 Å². The van der Waals surface area contributed by atoms with Gasteiger partial charge in [0.05, 0.1) is 18.8 Å². The van der Waals surface area contributed by atoms with Gasteiger partial charge in [0.2, 0.25) is 5.88 Å². The molecule has 0 bridgehead atoms. The fourth-order valence-corrected chi connectivity index (χ4v) is 1.50. The number of amidine groups is 1. The van der Waals surface area contributed by atoms with Crippen LogP contribution in [0.1, 0.15) is 12.0 Å². The molecule has 3 N–H and O–H groups in total. The van der Waals surface area contributed by atoms with Gasteiger partial charge in [0.15, 0.2) is 5.84 Å². The molecule has 0 aromatic carbocycles. The Balaban J connectivity index is 2.19. The van der Waals surface area contributed by atoms with Crippen LogP contribution in [0.2, 0.25) is 0 Å². The Morgan fingerprint density at radius 1 is 1.69 bits per heavy atom. The number of nitrogens with zero attached hydrogens (tertiary/aromatic N) is 2. The molecule has 6 heteroatoms. The van der Waals surface area contributed by atoms with E-state index in [1.54, 1.807) is 18.3 Å². The maximum atomic E-state index is 8.63. The minimum absolute atomic E-state index is 0.0120. The van der Waals surface area contributed by atoms with Crippen molar-refractivity contribution in [1.29, 1.82) is 0 Å². The SMILES string of the molecule is NC(=NO)c1cccnc1OC1CCOC1. The van der Waals surface area contributed by atoms with Gasteiger partial charge in [-0.15, -0.1) is 0 Å². The Labute approximate surface area is 92.7 Å². The molecule has 0 spiro atoms. The van der Waals surface area contributed by atoms with Crippen LogP contribution in [0.3, 0.4) is 0 Å². The van der Waals surface area contributed by atoms with Gasteiger partial charge in [0.1, 0.15) is 6.10 Å². The zero-order valence-electron chi connectivity index (χ0n) is 8.67. The highest BCUT2D eigenvalue weighted by Gasteiger charge is 2.20. The summed E-state index contributed by atoms with van der Waals surface area (Å²) in [5.74, 6) is 0.357. The molecular weight excluding hydrogens is 210 g/mol. The number of oxime groups is 1. The highest BCUT2D eigenvalue weighted by molar-refractivity contribution is 5.98. The lowest BCUT2D eigenvalue weighted by atomic mass is 10.2. The minimum Gasteiger partial charge on any atom is -0.471 e. The largest absolute Gasteiger partial charge is 0.471 e. The van der Waals surface area contributed by atoms with Crippen LogP contribution in [0.4, 0.5) is 0 Å². The smallest absolute Gasteiger partial charge is 0.224 e. The Hall–Kier alpha value is -1.82. The van der Waals surface area contributed by atoms with Crippen LogP contribution >= 0.6 is 0 Å². The molecule has 1 atom stereocenters. The van der Waals surface area contributed by atoms with Crippen LogP contribution in [0.15, 0.2) is 23.5 Å². The molecule has 16 heavy (non-hydrogen) atoms. The van der Waals surface area contributed by atoms with Crippen molar-refractivity contribution >= 4 is 5.84 Å². The summed E-state index contributed by atoms with van der Waals surface area (Å²) in [6.07, 6.45) is 2.41. The van der Waals surface area contributed by atoms with E-state index in [1.807, 2.05) is 0 Å². The molecule has 1 fully saturated rings. The third-order valence-electron chi connectivity index (χ3n) is 2.32. The fraction of sp³-hybridized carbons (Fsp3) is 0.400. The van der Waals surface area contributed by atoms with E-state index in [4.69, 9.17) is 20.4 Å². The van der Waals surface area contributed by atoms with Gasteiger partial charge in [0.25, 0.3) is 0 Å². The Bertz CT molecular complexity index is 389. The highest BCUT2D eigenvalue weighted by atomic mass is 16.5. The van der Waals surface area contributed by atoms with Crippen molar-refractivity contribution < 1.29 is 14.7 Å². The molecule has 1 saturated heterocycles. The maximum absolute atomic E-state index is 8.63. The summed E-state index contributed by atoms with van der Waals surface area (Å²) in [5.41, 5.74) is 6.00. The van der Waals surface area contributed by atoms with Gasteiger partial charge >= 0.3 is 0 Å². The second-order valence-electron chi connectivity index (χ2n) is 3.44. The maximum Gasteiger partial charge on any atom is 0.224 e. The molecule has 2 rings (SSSR count). The minimum atomic E-state index is -0.0138. The summed E-state index contributed by atoms with van der Waals surface area (Å²) < 4.78 is 10.8. The number of pyridine rings is 1. The molecule has 1 unspecified atom stereocenters. The van der Waals surface area contributed by atoms with Crippen LogP contribution in [-0.4, -0.2) is 35.3 Å². The number of nitrogens with two attached hydrogens (primary N) is 1. The second-order valence-corrected chi connectivity index (χ2v) is 3.44. The molecule has 1 aliphatic rings. The highest BCUT2D eigenvalue weighted by Crippen LogP contribution is 2.18. The summed E-state index contributed by atoms with van der Waals surface area (Å²) in [4.78, 5) is 4.06. The van der Waals surface area contributed by atoms with Gasteiger partial charge in [-0.2, -0.15) is 0 Å². The molecule has 1 aromatic rings. The molecule has 6 nitrogen and oxygen atoms in total. The van der Waals surface area contributed by atoms with Crippen molar-refractivity contribution in [3.63, 3.8) is 0 Å². The Morgan fingerprint density at radius 3 is 3.25 bits per heavy atom. The fourth-order valence-electron chi connectivity index (χ4n) is 1.50. The monoisotopic (exact) mass is 223 g/mol. The van der Waals surface area contributed by atoms with Crippen LogP contribution < -0.4 is 10.5 Å². The van der Waals surface area contributed by atoms with Gasteiger partial charge in [0, 0.05) is 12.6 Å². The second kappa shape index (κ2) is 4.80. The van der Waals surface area contributed by atoms with E-state index in [1.165, 1.54) is 0 Å². The van der Waals surface area contributed by atoms with Gasteiger partial charge in [-0.3, -0.25) is 0 Å². The lowest BCUT2D eigenvalue weighted by Gasteiger charge is -2.13. The zero-order valence-corrected chi connectivity index (χ0v) is 8.67. The number of aromatic nitrogens is 1. The van der Waals surface area contributed by atoms with Crippen molar-refractivity contribution in [1.82, 2.24) is 4.98 Å². The van der Waals surface area contributed by atoms with Crippen molar-refractivity contribution in [3.05, 3.63) is 23.9 Å². The number of rotatable bonds is 3. The first kappa shape index (κ1) is 10.7. The molecule has 0 aliphatic carbocycles. The van der Waals surface area contributed by atoms with E-state index in [0.29, 0.717) is 24.7 Å². The average Bonchev–Trinajstić information content (AvgIpc) is 2.82. The topological polar surface area (TPSA) is 90.0 Å². The van der Waals surface area contributed by atoms with Gasteiger partial charge in [-0.25, -0.2) is 4.98 Å². The number of hydrogen-bond donors (Lipinski definition) is 2. The van der Waals surface area contributed by atoms with E-state index < -0.39 is 0 Å². The van der Waals surface area contributed by atoms with E-state index in [9.17, 15) is 0 Å². The molecule has 2 heterocycles. The van der Waals surface area contributed by atoms with Crippen molar-refractivity contribution in [2.24, 2.45) is 10.9 Å². The van der Waals surface area contributed by atoms with Crippen LogP contribution in [0, 0.1) is 0 Å². The molecule has 0 radical (unpaired) electrons. The Morgan fingerprint density at radius 2 is 2.56 bits per heavy atom. The van der Waals surface area contributed by atoms with Crippen molar-refractivity contribution in [3.8, 4) is 5.88 Å². The zero-order chi connectivity index (χ0) is 11.4. The summed E-state index contributed by atoms with van der Waals surface area (Å²) in [5, 5.41) is 11.6. The lowest BCUT2D eigenvalue weighted by Crippen LogP contribution is -2.21. The first-order valence-electron chi connectivity index (χ1n) is 4.98. The molecule has 0 saturated carbocycles. The van der Waals surface area contributed by atoms with Crippen LogP contribution in [-0.2, 0) is 4.74 Å². The molecular formula is C10H13N3O3. The first-order chi connectivity index (χ1) is 7.81. The third kappa shape index (κ3) is 2.22. The normalized spacial score (nSPS) is 21.0. The van der Waals surface area contributed by atoms with Gasteiger partial charge < -0.3 is 20.4 Å².